The zero-order valence-electron chi connectivity index (χ0n) is 8.68. The van der Waals surface area contributed by atoms with Gasteiger partial charge in [-0.2, -0.15) is 5.48 Å². The molecule has 0 saturated carbocycles. The first-order valence-corrected chi connectivity index (χ1v) is 4.94. The van der Waals surface area contributed by atoms with Crippen LogP contribution in [0.1, 0.15) is 5.56 Å². The van der Waals surface area contributed by atoms with Gasteiger partial charge in [-0.3, -0.25) is 19.7 Å². The molecule has 0 saturated heterocycles. The molecular formula is C9H10ClN3O4. The van der Waals surface area contributed by atoms with E-state index in [1.54, 1.807) is 0 Å². The zero-order chi connectivity index (χ0) is 12.8. The fourth-order valence-corrected chi connectivity index (χ4v) is 1.32. The van der Waals surface area contributed by atoms with Crippen LogP contribution in [0.3, 0.4) is 0 Å². The number of nitrogens with one attached hydrogen (secondary N) is 1. The Balaban J connectivity index is 2.65. The summed E-state index contributed by atoms with van der Waals surface area (Å²) in [5.74, 6) is -0.641. The highest BCUT2D eigenvalue weighted by molar-refractivity contribution is 6.30. The monoisotopic (exact) mass is 259 g/mol. The lowest BCUT2D eigenvalue weighted by Crippen LogP contribution is -2.24. The predicted molar refractivity (Wildman–Crippen MR) is 60.1 cm³/mol. The van der Waals surface area contributed by atoms with Crippen molar-refractivity contribution in [3.63, 3.8) is 0 Å². The highest BCUT2D eigenvalue weighted by Gasteiger charge is 2.13. The van der Waals surface area contributed by atoms with Crippen molar-refractivity contribution in [2.24, 2.45) is 5.73 Å². The number of nitro groups is 1. The summed E-state index contributed by atoms with van der Waals surface area (Å²) in [6.45, 7) is -0.265. The molecule has 0 aliphatic heterocycles. The molecule has 7 nitrogen and oxygen atoms in total. The van der Waals surface area contributed by atoms with Crippen LogP contribution < -0.4 is 11.2 Å². The molecule has 0 unspecified atom stereocenters. The quantitative estimate of drug-likeness (QED) is 0.445. The third kappa shape index (κ3) is 4.35. The standard InChI is InChI=1S/C9H10ClN3O4/c10-7-1-2-8(13(15)16)6(3-7)4-12-17-5-9(11)14/h1-3,12H,4-5H2,(H2,11,14). The molecule has 17 heavy (non-hydrogen) atoms. The maximum atomic E-state index is 10.7. The van der Waals surface area contributed by atoms with Gasteiger partial charge >= 0.3 is 0 Å². The second-order valence-corrected chi connectivity index (χ2v) is 3.54. The SMILES string of the molecule is NC(=O)CONCc1cc(Cl)ccc1[N+](=O)[O-]. The number of carbonyl (C=O) groups is 1. The smallest absolute Gasteiger partial charge is 0.274 e. The first-order valence-electron chi connectivity index (χ1n) is 4.56. The number of nitrogens with zero attached hydrogens (tertiary/aromatic N) is 1. The number of halogens is 1. The van der Waals surface area contributed by atoms with E-state index in [2.05, 4.69) is 10.3 Å². The second-order valence-electron chi connectivity index (χ2n) is 3.11. The first-order chi connectivity index (χ1) is 8.00. The molecule has 3 N–H and O–H groups in total. The van der Waals surface area contributed by atoms with Crippen LogP contribution in [0.2, 0.25) is 5.02 Å². The number of rotatable bonds is 6. The molecule has 0 radical (unpaired) electrons. The van der Waals surface area contributed by atoms with Gasteiger partial charge in [-0.1, -0.05) is 11.6 Å². The van der Waals surface area contributed by atoms with Gasteiger partial charge in [-0.25, -0.2) is 0 Å². The Bertz CT molecular complexity index is 438. The van der Waals surface area contributed by atoms with Crippen molar-refractivity contribution in [2.75, 3.05) is 6.61 Å². The highest BCUT2D eigenvalue weighted by atomic mass is 35.5. The average molecular weight is 260 g/mol. The van der Waals surface area contributed by atoms with Crippen molar-refractivity contribution in [2.45, 2.75) is 6.54 Å². The molecule has 0 spiro atoms. The molecule has 0 atom stereocenters. The number of hydrogen-bond donors (Lipinski definition) is 2. The fraction of sp³-hybridized carbons (Fsp3) is 0.222. The van der Waals surface area contributed by atoms with Crippen LogP contribution in [0.5, 0.6) is 0 Å². The zero-order valence-corrected chi connectivity index (χ0v) is 9.44. The third-order valence-electron chi connectivity index (χ3n) is 1.82. The lowest BCUT2D eigenvalue weighted by atomic mass is 10.2. The van der Waals surface area contributed by atoms with Gasteiger partial charge in [0.1, 0.15) is 6.61 Å². The third-order valence-corrected chi connectivity index (χ3v) is 2.05. The Morgan fingerprint density at radius 3 is 2.88 bits per heavy atom. The van der Waals surface area contributed by atoms with Crippen LogP contribution in [0, 0.1) is 10.1 Å². The van der Waals surface area contributed by atoms with Crippen LogP contribution in [-0.2, 0) is 16.2 Å². The summed E-state index contributed by atoms with van der Waals surface area (Å²) in [6.07, 6.45) is 0. The van der Waals surface area contributed by atoms with E-state index in [9.17, 15) is 14.9 Å². The van der Waals surface area contributed by atoms with E-state index in [4.69, 9.17) is 17.3 Å². The topological polar surface area (TPSA) is 107 Å². The Morgan fingerprint density at radius 2 is 2.29 bits per heavy atom. The van der Waals surface area contributed by atoms with Gasteiger partial charge < -0.3 is 5.73 Å². The van der Waals surface area contributed by atoms with Crippen LogP contribution in [-0.4, -0.2) is 17.4 Å². The van der Waals surface area contributed by atoms with E-state index >= 15 is 0 Å². The van der Waals surface area contributed by atoms with Crippen LogP contribution in [0.25, 0.3) is 0 Å². The van der Waals surface area contributed by atoms with Gasteiger partial charge in [-0.05, 0) is 12.1 Å². The van der Waals surface area contributed by atoms with Crippen LogP contribution in [0.15, 0.2) is 18.2 Å². The lowest BCUT2D eigenvalue weighted by Gasteiger charge is -2.05. The number of nitro benzene ring substituents is 1. The number of amides is 1. The second kappa shape index (κ2) is 6.14. The van der Waals surface area contributed by atoms with Gasteiger partial charge in [0.15, 0.2) is 0 Å². The van der Waals surface area contributed by atoms with E-state index in [-0.39, 0.29) is 18.8 Å². The van der Waals surface area contributed by atoms with Crippen molar-refractivity contribution in [1.29, 1.82) is 0 Å². The predicted octanol–water partition coefficient (Wildman–Crippen LogP) is 0.755. The molecule has 1 amide bonds. The minimum Gasteiger partial charge on any atom is -0.368 e. The molecule has 0 fully saturated rings. The van der Waals surface area contributed by atoms with Crippen molar-refractivity contribution >= 4 is 23.2 Å². The summed E-state index contributed by atoms with van der Waals surface area (Å²) < 4.78 is 0. The van der Waals surface area contributed by atoms with Gasteiger partial charge in [0.05, 0.1) is 11.5 Å². The molecular weight excluding hydrogens is 250 g/mol. The lowest BCUT2D eigenvalue weighted by molar-refractivity contribution is -0.385. The Kier molecular flexibility index (Phi) is 4.83. The molecule has 0 heterocycles. The van der Waals surface area contributed by atoms with Gasteiger partial charge in [0.2, 0.25) is 5.91 Å². The average Bonchev–Trinajstić information content (AvgIpc) is 2.23. The largest absolute Gasteiger partial charge is 0.368 e. The number of hydroxylamine groups is 1. The Labute approximate surface area is 102 Å². The number of carbonyl (C=O) groups excluding carboxylic acids is 1. The first kappa shape index (κ1) is 13.4. The van der Waals surface area contributed by atoms with E-state index < -0.39 is 10.8 Å². The summed E-state index contributed by atoms with van der Waals surface area (Å²) in [5.41, 5.74) is 7.51. The molecule has 1 aromatic rings. The van der Waals surface area contributed by atoms with Gasteiger partial charge in [0, 0.05) is 16.7 Å². The van der Waals surface area contributed by atoms with E-state index in [1.807, 2.05) is 0 Å². The molecule has 0 aromatic heterocycles. The molecule has 0 bridgehead atoms. The van der Waals surface area contributed by atoms with E-state index in [0.29, 0.717) is 10.6 Å². The minimum absolute atomic E-state index is 0.0458. The summed E-state index contributed by atoms with van der Waals surface area (Å²) >= 11 is 5.72. The van der Waals surface area contributed by atoms with Crippen LogP contribution in [0.4, 0.5) is 5.69 Å². The molecule has 8 heteroatoms. The van der Waals surface area contributed by atoms with Crippen molar-refractivity contribution in [3.8, 4) is 0 Å². The molecule has 1 rings (SSSR count). The maximum Gasteiger partial charge on any atom is 0.274 e. The van der Waals surface area contributed by atoms with Crippen molar-refractivity contribution in [3.05, 3.63) is 38.9 Å². The summed E-state index contributed by atoms with van der Waals surface area (Å²) in [5, 5.41) is 11.1. The highest BCUT2D eigenvalue weighted by Crippen LogP contribution is 2.22. The number of primary amides is 1. The Morgan fingerprint density at radius 1 is 1.59 bits per heavy atom. The number of benzene rings is 1. The van der Waals surface area contributed by atoms with Gasteiger partial charge in [-0.15, -0.1) is 0 Å². The van der Waals surface area contributed by atoms with E-state index in [1.165, 1.54) is 18.2 Å². The van der Waals surface area contributed by atoms with Crippen molar-refractivity contribution in [1.82, 2.24) is 5.48 Å². The van der Waals surface area contributed by atoms with Crippen LogP contribution >= 0.6 is 11.6 Å². The molecule has 92 valence electrons. The summed E-state index contributed by atoms with van der Waals surface area (Å²) in [7, 11) is 0. The van der Waals surface area contributed by atoms with Crippen molar-refractivity contribution < 1.29 is 14.6 Å². The number of nitrogens with two attached hydrogens (primary N) is 1. The Hall–Kier alpha value is -1.70. The molecule has 0 aliphatic carbocycles. The van der Waals surface area contributed by atoms with Gasteiger partial charge in [0.25, 0.3) is 5.69 Å². The maximum absolute atomic E-state index is 10.7. The fourth-order valence-electron chi connectivity index (χ4n) is 1.12. The normalized spacial score (nSPS) is 10.2. The number of hydrogen-bond acceptors (Lipinski definition) is 5. The molecule has 0 aliphatic rings. The molecule has 1 aromatic carbocycles. The van der Waals surface area contributed by atoms with E-state index in [0.717, 1.165) is 0 Å². The summed E-state index contributed by atoms with van der Waals surface area (Å²) in [4.78, 5) is 25.2. The summed E-state index contributed by atoms with van der Waals surface area (Å²) in [6, 6.07) is 4.17. The minimum atomic E-state index is -0.641.